The molecule has 4 rings (SSSR count). The van der Waals surface area contributed by atoms with Crippen LogP contribution in [-0.2, 0) is 0 Å². The Morgan fingerprint density at radius 2 is 1.96 bits per heavy atom. The zero-order valence-corrected chi connectivity index (χ0v) is 15.0. The summed E-state index contributed by atoms with van der Waals surface area (Å²) in [5.74, 6) is 0.0576. The third-order valence-corrected chi connectivity index (χ3v) is 4.66. The van der Waals surface area contributed by atoms with Crippen molar-refractivity contribution in [2.24, 2.45) is 0 Å². The van der Waals surface area contributed by atoms with E-state index in [2.05, 4.69) is 20.3 Å². The minimum absolute atomic E-state index is 0. The zero-order chi connectivity index (χ0) is 16.7. The van der Waals surface area contributed by atoms with E-state index in [-0.39, 0.29) is 41.7 Å². The van der Waals surface area contributed by atoms with Crippen molar-refractivity contribution < 1.29 is 14.3 Å². The lowest BCUT2D eigenvalue weighted by Crippen LogP contribution is -2.38. The second kappa shape index (κ2) is 8.07. The highest BCUT2D eigenvalue weighted by Crippen LogP contribution is 2.36. The molecule has 1 saturated heterocycles. The first-order valence-electron chi connectivity index (χ1n) is 8.11. The van der Waals surface area contributed by atoms with Crippen LogP contribution < -0.4 is 5.32 Å². The van der Waals surface area contributed by atoms with Crippen molar-refractivity contribution in [3.63, 3.8) is 0 Å². The molecular formula is C18H21ClF2N4O. The SMILES string of the molecule is CC1CC(c2ncc3[nH]ccc3n2)CC(c2cc(F)ccc2F)N1.Cl.O. The van der Waals surface area contributed by atoms with Crippen molar-refractivity contribution in [3.05, 3.63) is 59.7 Å². The molecule has 3 unspecified atom stereocenters. The molecule has 8 heteroatoms. The van der Waals surface area contributed by atoms with Crippen LogP contribution in [0.2, 0.25) is 0 Å². The van der Waals surface area contributed by atoms with Gasteiger partial charge in [0.2, 0.25) is 0 Å². The Balaban J connectivity index is 0.00000121. The molecule has 140 valence electrons. The van der Waals surface area contributed by atoms with Crippen LogP contribution in [0.3, 0.4) is 0 Å². The van der Waals surface area contributed by atoms with Crippen LogP contribution in [0.5, 0.6) is 0 Å². The third kappa shape index (κ3) is 3.85. The highest BCUT2D eigenvalue weighted by atomic mass is 35.5. The number of aromatic amines is 1. The molecule has 1 aromatic carbocycles. The first-order valence-corrected chi connectivity index (χ1v) is 8.11. The van der Waals surface area contributed by atoms with Crippen molar-refractivity contribution in [2.75, 3.05) is 0 Å². The van der Waals surface area contributed by atoms with Gasteiger partial charge in [-0.2, -0.15) is 0 Å². The fourth-order valence-corrected chi connectivity index (χ4v) is 3.55. The molecule has 4 N–H and O–H groups in total. The van der Waals surface area contributed by atoms with Gasteiger partial charge in [-0.25, -0.2) is 18.7 Å². The average molecular weight is 383 g/mol. The van der Waals surface area contributed by atoms with E-state index < -0.39 is 5.82 Å². The molecule has 0 radical (unpaired) electrons. The lowest BCUT2D eigenvalue weighted by atomic mass is 9.84. The number of benzene rings is 1. The smallest absolute Gasteiger partial charge is 0.132 e. The zero-order valence-electron chi connectivity index (χ0n) is 14.2. The highest BCUT2D eigenvalue weighted by molar-refractivity contribution is 5.85. The van der Waals surface area contributed by atoms with Crippen molar-refractivity contribution >= 4 is 23.4 Å². The predicted molar refractivity (Wildman–Crippen MR) is 98.4 cm³/mol. The Bertz CT molecular complexity index is 889. The summed E-state index contributed by atoms with van der Waals surface area (Å²) in [4.78, 5) is 12.2. The molecule has 0 bridgehead atoms. The summed E-state index contributed by atoms with van der Waals surface area (Å²) < 4.78 is 27.7. The first kappa shape index (κ1) is 20.2. The number of hydrogen-bond acceptors (Lipinski definition) is 3. The number of H-pyrrole nitrogens is 1. The van der Waals surface area contributed by atoms with Gasteiger partial charge in [0.25, 0.3) is 0 Å². The van der Waals surface area contributed by atoms with Crippen molar-refractivity contribution in [3.8, 4) is 0 Å². The lowest BCUT2D eigenvalue weighted by Gasteiger charge is -2.34. The second-order valence-corrected chi connectivity index (χ2v) is 6.46. The largest absolute Gasteiger partial charge is 0.412 e. The summed E-state index contributed by atoms with van der Waals surface area (Å²) in [6.07, 6.45) is 5.12. The highest BCUT2D eigenvalue weighted by Gasteiger charge is 2.31. The monoisotopic (exact) mass is 382 g/mol. The number of hydrogen-bond donors (Lipinski definition) is 2. The van der Waals surface area contributed by atoms with Crippen LogP contribution in [0.4, 0.5) is 8.78 Å². The number of piperidine rings is 1. The summed E-state index contributed by atoms with van der Waals surface area (Å²) in [5.41, 5.74) is 2.14. The van der Waals surface area contributed by atoms with E-state index >= 15 is 0 Å². The standard InChI is InChI=1S/C18H18F2N4.ClH.H2O/c1-10-6-11(18-22-9-17-15(24-18)4-5-21-17)7-16(23-10)13-8-12(19)2-3-14(13)20;;/h2-5,8-11,16,21,23H,6-7H2,1H3;1H;1H2. The predicted octanol–water partition coefficient (Wildman–Crippen LogP) is 3.43. The van der Waals surface area contributed by atoms with Crippen molar-refractivity contribution in [1.29, 1.82) is 0 Å². The summed E-state index contributed by atoms with van der Waals surface area (Å²) in [6.45, 7) is 2.05. The average Bonchev–Trinajstić information content (AvgIpc) is 3.04. The quantitative estimate of drug-likeness (QED) is 0.712. The fraction of sp³-hybridized carbons (Fsp3) is 0.333. The van der Waals surface area contributed by atoms with Gasteiger partial charge >= 0.3 is 0 Å². The van der Waals surface area contributed by atoms with E-state index in [0.717, 1.165) is 29.3 Å². The fourth-order valence-electron chi connectivity index (χ4n) is 3.55. The van der Waals surface area contributed by atoms with Gasteiger partial charge in [-0.15, -0.1) is 12.4 Å². The number of nitrogens with one attached hydrogen (secondary N) is 2. The van der Waals surface area contributed by atoms with Gasteiger partial charge in [-0.05, 0) is 44.0 Å². The first-order chi connectivity index (χ1) is 11.6. The molecule has 26 heavy (non-hydrogen) atoms. The van der Waals surface area contributed by atoms with Crippen LogP contribution in [0.1, 0.15) is 43.1 Å². The van der Waals surface area contributed by atoms with Crippen molar-refractivity contribution in [1.82, 2.24) is 20.3 Å². The van der Waals surface area contributed by atoms with Gasteiger partial charge in [0.1, 0.15) is 17.5 Å². The van der Waals surface area contributed by atoms with E-state index in [4.69, 9.17) is 0 Å². The number of fused-ring (bicyclic) bond motifs is 1. The van der Waals surface area contributed by atoms with E-state index in [1.165, 1.54) is 12.1 Å². The minimum Gasteiger partial charge on any atom is -0.412 e. The van der Waals surface area contributed by atoms with Gasteiger partial charge in [-0.3, -0.25) is 0 Å². The normalized spacial score (nSPS) is 22.5. The number of rotatable bonds is 2. The molecule has 3 atom stereocenters. The maximum absolute atomic E-state index is 14.1. The van der Waals surface area contributed by atoms with Crippen LogP contribution in [0.15, 0.2) is 36.7 Å². The van der Waals surface area contributed by atoms with E-state index in [0.29, 0.717) is 12.0 Å². The van der Waals surface area contributed by atoms with Gasteiger partial charge in [-0.1, -0.05) is 0 Å². The Morgan fingerprint density at radius 3 is 2.77 bits per heavy atom. The van der Waals surface area contributed by atoms with E-state index in [9.17, 15) is 8.78 Å². The molecule has 1 aliphatic heterocycles. The van der Waals surface area contributed by atoms with Gasteiger partial charge in [0.05, 0.1) is 17.2 Å². The third-order valence-electron chi connectivity index (χ3n) is 4.66. The summed E-state index contributed by atoms with van der Waals surface area (Å²) >= 11 is 0. The molecule has 0 saturated carbocycles. The molecule has 0 amide bonds. The van der Waals surface area contributed by atoms with Crippen LogP contribution in [0.25, 0.3) is 11.0 Å². The molecule has 5 nitrogen and oxygen atoms in total. The maximum Gasteiger partial charge on any atom is 0.132 e. The molecule has 3 aromatic rings. The molecule has 2 aromatic heterocycles. The van der Waals surface area contributed by atoms with Gasteiger partial charge in [0, 0.05) is 29.8 Å². The summed E-state index contributed by atoms with van der Waals surface area (Å²) in [6, 6.07) is 5.43. The van der Waals surface area contributed by atoms with Crippen LogP contribution >= 0.6 is 12.4 Å². The molecule has 1 aliphatic rings. The van der Waals surface area contributed by atoms with Gasteiger partial charge < -0.3 is 15.8 Å². The molecule has 0 spiro atoms. The van der Waals surface area contributed by atoms with Crippen LogP contribution in [-0.4, -0.2) is 26.5 Å². The Labute approximate surface area is 156 Å². The number of nitrogens with zero attached hydrogens (tertiary/aromatic N) is 2. The Morgan fingerprint density at radius 1 is 1.15 bits per heavy atom. The maximum atomic E-state index is 14.1. The molecular weight excluding hydrogens is 362 g/mol. The van der Waals surface area contributed by atoms with Crippen molar-refractivity contribution in [2.45, 2.75) is 37.8 Å². The molecule has 1 fully saturated rings. The topological polar surface area (TPSA) is 85.1 Å². The number of aromatic nitrogens is 3. The minimum atomic E-state index is -0.423. The Hall–Kier alpha value is -2.09. The van der Waals surface area contributed by atoms with Crippen LogP contribution in [0, 0.1) is 11.6 Å². The second-order valence-electron chi connectivity index (χ2n) is 6.46. The summed E-state index contributed by atoms with van der Waals surface area (Å²) in [5, 5.41) is 3.36. The lowest BCUT2D eigenvalue weighted by molar-refractivity contribution is 0.294. The Kier molecular flexibility index (Phi) is 6.28. The number of halogens is 3. The summed E-state index contributed by atoms with van der Waals surface area (Å²) in [7, 11) is 0. The van der Waals surface area contributed by atoms with E-state index in [1.807, 2.05) is 19.2 Å². The molecule has 0 aliphatic carbocycles. The van der Waals surface area contributed by atoms with Gasteiger partial charge in [0.15, 0.2) is 0 Å². The van der Waals surface area contributed by atoms with E-state index in [1.54, 1.807) is 6.20 Å². The molecule has 3 heterocycles.